The summed E-state index contributed by atoms with van der Waals surface area (Å²) in [6, 6.07) is 7.94. The average molecular weight is 318 g/mol. The molecule has 21 heavy (non-hydrogen) atoms. The van der Waals surface area contributed by atoms with Crippen molar-refractivity contribution in [2.24, 2.45) is 0 Å². The molecule has 3 aromatic rings. The fourth-order valence-corrected chi connectivity index (χ4v) is 3.20. The molecule has 0 amide bonds. The summed E-state index contributed by atoms with van der Waals surface area (Å²) in [5.41, 5.74) is 2.33. The normalized spacial score (nSPS) is 11.0. The zero-order chi connectivity index (χ0) is 14.7. The lowest BCUT2D eigenvalue weighted by Gasteiger charge is -2.03. The predicted molar refractivity (Wildman–Crippen MR) is 87.1 cm³/mol. The molecule has 0 aliphatic carbocycles. The van der Waals surface area contributed by atoms with Gasteiger partial charge in [0.1, 0.15) is 5.82 Å². The van der Waals surface area contributed by atoms with Gasteiger partial charge in [0, 0.05) is 35.6 Å². The van der Waals surface area contributed by atoms with E-state index in [2.05, 4.69) is 34.0 Å². The molecule has 0 saturated heterocycles. The summed E-state index contributed by atoms with van der Waals surface area (Å²) in [4.78, 5) is 9.05. The van der Waals surface area contributed by atoms with Crippen molar-refractivity contribution in [3.63, 3.8) is 0 Å². The van der Waals surface area contributed by atoms with E-state index in [1.807, 2.05) is 24.5 Å². The highest BCUT2D eigenvalue weighted by atomic mass is 35.5. The van der Waals surface area contributed by atoms with E-state index in [-0.39, 0.29) is 0 Å². The molecule has 3 rings (SSSR count). The second-order valence-electron chi connectivity index (χ2n) is 4.86. The number of halogens is 1. The van der Waals surface area contributed by atoms with Crippen molar-refractivity contribution >= 4 is 22.9 Å². The van der Waals surface area contributed by atoms with E-state index in [4.69, 9.17) is 16.6 Å². The highest BCUT2D eigenvalue weighted by Gasteiger charge is 2.06. The van der Waals surface area contributed by atoms with Crippen molar-refractivity contribution in [2.75, 3.05) is 0 Å². The van der Waals surface area contributed by atoms with Gasteiger partial charge in [-0.15, -0.1) is 11.3 Å². The van der Waals surface area contributed by atoms with Gasteiger partial charge in [-0.1, -0.05) is 30.7 Å². The van der Waals surface area contributed by atoms with E-state index < -0.39 is 0 Å². The van der Waals surface area contributed by atoms with E-state index in [0.29, 0.717) is 0 Å². The standard InChI is InChI=1S/C16H16ClN3S/c1-2-15-18-7-8-20(15)10-14-11-21-16(19-14)9-12-3-5-13(17)6-4-12/h3-8,11H,2,9-10H2,1H3. The van der Waals surface area contributed by atoms with Crippen molar-refractivity contribution < 1.29 is 0 Å². The topological polar surface area (TPSA) is 30.7 Å². The Morgan fingerprint density at radius 2 is 2.05 bits per heavy atom. The third-order valence-electron chi connectivity index (χ3n) is 3.32. The molecule has 0 unspecified atom stereocenters. The molecular weight excluding hydrogens is 302 g/mol. The minimum Gasteiger partial charge on any atom is -0.329 e. The van der Waals surface area contributed by atoms with Gasteiger partial charge in [0.2, 0.25) is 0 Å². The summed E-state index contributed by atoms with van der Waals surface area (Å²) in [6.45, 7) is 2.91. The molecule has 0 aliphatic rings. The van der Waals surface area contributed by atoms with E-state index in [0.717, 1.165) is 40.9 Å². The number of aryl methyl sites for hydroxylation is 1. The van der Waals surface area contributed by atoms with Crippen LogP contribution >= 0.6 is 22.9 Å². The maximum atomic E-state index is 5.91. The lowest BCUT2D eigenvalue weighted by Crippen LogP contribution is -2.03. The third kappa shape index (κ3) is 3.52. The molecule has 0 aliphatic heterocycles. The maximum Gasteiger partial charge on any atom is 0.108 e. The summed E-state index contributed by atoms with van der Waals surface area (Å²) in [5, 5.41) is 4.03. The molecule has 5 heteroatoms. The molecule has 108 valence electrons. The van der Waals surface area contributed by atoms with Gasteiger partial charge in [-0.3, -0.25) is 0 Å². The number of nitrogens with zero attached hydrogens (tertiary/aromatic N) is 3. The van der Waals surface area contributed by atoms with Crippen LogP contribution in [0.5, 0.6) is 0 Å². The SMILES string of the molecule is CCc1nccn1Cc1csc(Cc2ccc(Cl)cc2)n1. The first kappa shape index (κ1) is 14.3. The number of imidazole rings is 1. The van der Waals surface area contributed by atoms with Crippen molar-refractivity contribution in [3.05, 3.63) is 69.2 Å². The van der Waals surface area contributed by atoms with Gasteiger partial charge in [0.25, 0.3) is 0 Å². The molecular formula is C16H16ClN3S. The second kappa shape index (κ2) is 6.41. The van der Waals surface area contributed by atoms with E-state index in [1.165, 1.54) is 5.56 Å². The molecule has 0 fully saturated rings. The van der Waals surface area contributed by atoms with Crippen LogP contribution in [0.4, 0.5) is 0 Å². The van der Waals surface area contributed by atoms with Gasteiger partial charge in [-0.05, 0) is 17.7 Å². The molecule has 0 radical (unpaired) electrons. The summed E-state index contributed by atoms with van der Waals surface area (Å²) in [5.74, 6) is 1.10. The Morgan fingerprint density at radius 1 is 1.24 bits per heavy atom. The number of hydrogen-bond donors (Lipinski definition) is 0. The van der Waals surface area contributed by atoms with Gasteiger partial charge < -0.3 is 4.57 Å². The first-order valence-corrected chi connectivity index (χ1v) is 8.18. The minimum atomic E-state index is 0.769. The van der Waals surface area contributed by atoms with Crippen LogP contribution in [0.25, 0.3) is 0 Å². The van der Waals surface area contributed by atoms with Gasteiger partial charge in [0.15, 0.2) is 0 Å². The summed E-state index contributed by atoms with van der Waals surface area (Å²) >= 11 is 7.61. The van der Waals surface area contributed by atoms with Crippen LogP contribution in [-0.2, 0) is 19.4 Å². The fraction of sp³-hybridized carbons (Fsp3) is 0.250. The van der Waals surface area contributed by atoms with Gasteiger partial charge in [-0.25, -0.2) is 9.97 Å². The minimum absolute atomic E-state index is 0.769. The Hall–Kier alpha value is -1.65. The van der Waals surface area contributed by atoms with Crippen molar-refractivity contribution in [2.45, 2.75) is 26.3 Å². The van der Waals surface area contributed by atoms with Gasteiger partial charge in [-0.2, -0.15) is 0 Å². The monoisotopic (exact) mass is 317 g/mol. The molecule has 2 heterocycles. The van der Waals surface area contributed by atoms with Gasteiger partial charge >= 0.3 is 0 Å². The van der Waals surface area contributed by atoms with Crippen LogP contribution < -0.4 is 0 Å². The molecule has 0 N–H and O–H groups in total. The number of hydrogen-bond acceptors (Lipinski definition) is 3. The predicted octanol–water partition coefficient (Wildman–Crippen LogP) is 4.19. The molecule has 3 nitrogen and oxygen atoms in total. The average Bonchev–Trinajstić information content (AvgIpc) is 3.11. The van der Waals surface area contributed by atoms with Crippen molar-refractivity contribution in [3.8, 4) is 0 Å². The zero-order valence-electron chi connectivity index (χ0n) is 11.8. The van der Waals surface area contributed by atoms with Gasteiger partial charge in [0.05, 0.1) is 17.2 Å². The molecule has 0 spiro atoms. The first-order valence-electron chi connectivity index (χ1n) is 6.92. The highest BCUT2D eigenvalue weighted by Crippen LogP contribution is 2.17. The van der Waals surface area contributed by atoms with Crippen molar-refractivity contribution in [1.82, 2.24) is 14.5 Å². The second-order valence-corrected chi connectivity index (χ2v) is 6.24. The van der Waals surface area contributed by atoms with Crippen LogP contribution in [0.3, 0.4) is 0 Å². The number of thiazole rings is 1. The molecule has 0 saturated carbocycles. The molecule has 2 aromatic heterocycles. The van der Waals surface area contributed by atoms with E-state index in [1.54, 1.807) is 11.3 Å². The lowest BCUT2D eigenvalue weighted by atomic mass is 10.2. The van der Waals surface area contributed by atoms with Crippen LogP contribution in [0, 0.1) is 0 Å². The summed E-state index contributed by atoms with van der Waals surface area (Å²) in [7, 11) is 0. The molecule has 1 aromatic carbocycles. The first-order chi connectivity index (χ1) is 10.2. The smallest absolute Gasteiger partial charge is 0.108 e. The Morgan fingerprint density at radius 3 is 2.81 bits per heavy atom. The Kier molecular flexibility index (Phi) is 4.36. The summed E-state index contributed by atoms with van der Waals surface area (Å²) in [6.07, 6.45) is 5.65. The van der Waals surface area contributed by atoms with Crippen LogP contribution in [0.2, 0.25) is 5.02 Å². The summed E-state index contributed by atoms with van der Waals surface area (Å²) < 4.78 is 2.15. The number of aromatic nitrogens is 3. The Labute approximate surface area is 133 Å². The van der Waals surface area contributed by atoms with Crippen LogP contribution in [0.1, 0.15) is 29.0 Å². The Balaban J connectivity index is 1.70. The zero-order valence-corrected chi connectivity index (χ0v) is 13.4. The maximum absolute atomic E-state index is 5.91. The van der Waals surface area contributed by atoms with Crippen molar-refractivity contribution in [1.29, 1.82) is 0 Å². The van der Waals surface area contributed by atoms with Crippen LogP contribution in [-0.4, -0.2) is 14.5 Å². The fourth-order valence-electron chi connectivity index (χ4n) is 2.25. The van der Waals surface area contributed by atoms with E-state index >= 15 is 0 Å². The molecule has 0 bridgehead atoms. The lowest BCUT2D eigenvalue weighted by molar-refractivity contribution is 0.718. The number of rotatable bonds is 5. The highest BCUT2D eigenvalue weighted by molar-refractivity contribution is 7.09. The molecule has 0 atom stereocenters. The third-order valence-corrected chi connectivity index (χ3v) is 4.47. The van der Waals surface area contributed by atoms with Crippen LogP contribution in [0.15, 0.2) is 42.0 Å². The largest absolute Gasteiger partial charge is 0.329 e. The number of benzene rings is 1. The quantitative estimate of drug-likeness (QED) is 0.706. The Bertz CT molecular complexity index is 715. The van der Waals surface area contributed by atoms with E-state index in [9.17, 15) is 0 Å².